The van der Waals surface area contributed by atoms with Crippen LogP contribution in [-0.4, -0.2) is 18.4 Å². The highest BCUT2D eigenvalue weighted by atomic mass is 32.2. The summed E-state index contributed by atoms with van der Waals surface area (Å²) in [6.07, 6.45) is 0. The van der Waals surface area contributed by atoms with Gasteiger partial charge < -0.3 is 4.98 Å². The van der Waals surface area contributed by atoms with Crippen molar-refractivity contribution in [1.29, 1.82) is 0 Å². The topological polar surface area (TPSA) is 74.8 Å². The second kappa shape index (κ2) is 5.55. The van der Waals surface area contributed by atoms with Crippen molar-refractivity contribution in [1.82, 2.24) is 14.7 Å². The first kappa shape index (κ1) is 14.7. The number of nitrogens with zero attached hydrogens (tertiary/aromatic N) is 1. The van der Waals surface area contributed by atoms with Crippen molar-refractivity contribution >= 4 is 21.1 Å². The van der Waals surface area contributed by atoms with E-state index in [9.17, 15) is 8.42 Å². The van der Waals surface area contributed by atoms with E-state index in [1.165, 1.54) is 0 Å². The van der Waals surface area contributed by atoms with Crippen molar-refractivity contribution < 1.29 is 8.42 Å². The Kier molecular flexibility index (Phi) is 3.72. The molecule has 0 amide bonds. The number of aryl methyl sites for hydroxylation is 2. The number of hydrogen-bond donors (Lipinski definition) is 2. The molecule has 22 heavy (non-hydrogen) atoms. The molecule has 0 spiro atoms. The molecular formula is C16H17N3O2S. The van der Waals surface area contributed by atoms with Gasteiger partial charge in [0, 0.05) is 6.54 Å². The first-order valence-electron chi connectivity index (χ1n) is 6.96. The third-order valence-corrected chi connectivity index (χ3v) is 4.83. The molecule has 3 rings (SSSR count). The Morgan fingerprint density at radius 3 is 2.73 bits per heavy atom. The molecule has 0 radical (unpaired) electrons. The summed E-state index contributed by atoms with van der Waals surface area (Å²) >= 11 is 0. The molecule has 2 N–H and O–H groups in total. The zero-order valence-electron chi connectivity index (χ0n) is 12.4. The van der Waals surface area contributed by atoms with Crippen LogP contribution in [0.4, 0.5) is 0 Å². The molecule has 0 atom stereocenters. The SMILES string of the molecule is Cc1cccc(CNS(=O)(=O)c2ccc3nc(C)[nH]c3c2)c1. The minimum Gasteiger partial charge on any atom is -0.342 e. The predicted octanol–water partition coefficient (Wildman–Crippen LogP) is 2.66. The Hall–Kier alpha value is -2.18. The second-order valence-electron chi connectivity index (χ2n) is 5.31. The monoisotopic (exact) mass is 315 g/mol. The fourth-order valence-corrected chi connectivity index (χ4v) is 3.41. The molecule has 0 bridgehead atoms. The van der Waals surface area contributed by atoms with Crippen LogP contribution in [0.5, 0.6) is 0 Å². The Morgan fingerprint density at radius 2 is 1.95 bits per heavy atom. The quantitative estimate of drug-likeness (QED) is 0.777. The van der Waals surface area contributed by atoms with Crippen LogP contribution in [0.3, 0.4) is 0 Å². The molecule has 0 saturated carbocycles. The first-order valence-corrected chi connectivity index (χ1v) is 8.44. The normalized spacial score (nSPS) is 11.9. The van der Waals surface area contributed by atoms with E-state index in [-0.39, 0.29) is 11.4 Å². The molecule has 2 aromatic carbocycles. The number of rotatable bonds is 4. The zero-order chi connectivity index (χ0) is 15.7. The number of imidazole rings is 1. The summed E-state index contributed by atoms with van der Waals surface area (Å²) in [6.45, 7) is 4.08. The van der Waals surface area contributed by atoms with Crippen molar-refractivity contribution in [2.24, 2.45) is 0 Å². The van der Waals surface area contributed by atoms with Gasteiger partial charge in [0.25, 0.3) is 0 Å². The van der Waals surface area contributed by atoms with Gasteiger partial charge in [-0.2, -0.15) is 0 Å². The molecule has 0 saturated heterocycles. The summed E-state index contributed by atoms with van der Waals surface area (Å²) in [5.41, 5.74) is 3.51. The third kappa shape index (κ3) is 3.03. The summed E-state index contributed by atoms with van der Waals surface area (Å²) in [6, 6.07) is 12.6. The van der Waals surface area contributed by atoms with Crippen LogP contribution in [0.15, 0.2) is 47.4 Å². The summed E-state index contributed by atoms with van der Waals surface area (Å²) < 4.78 is 27.4. The van der Waals surface area contributed by atoms with Crippen LogP contribution >= 0.6 is 0 Å². The lowest BCUT2D eigenvalue weighted by Gasteiger charge is -2.07. The van der Waals surface area contributed by atoms with Crippen LogP contribution in [0.25, 0.3) is 11.0 Å². The number of benzene rings is 2. The van der Waals surface area contributed by atoms with Gasteiger partial charge in [0.2, 0.25) is 10.0 Å². The maximum atomic E-state index is 12.4. The molecule has 6 heteroatoms. The summed E-state index contributed by atoms with van der Waals surface area (Å²) in [4.78, 5) is 7.55. The average Bonchev–Trinajstić information content (AvgIpc) is 2.84. The molecular weight excluding hydrogens is 298 g/mol. The van der Waals surface area contributed by atoms with Crippen LogP contribution in [-0.2, 0) is 16.6 Å². The van der Waals surface area contributed by atoms with Gasteiger partial charge in [-0.05, 0) is 37.6 Å². The van der Waals surface area contributed by atoms with E-state index in [4.69, 9.17) is 0 Å². The van der Waals surface area contributed by atoms with Crippen LogP contribution in [0.1, 0.15) is 17.0 Å². The van der Waals surface area contributed by atoms with E-state index in [0.29, 0.717) is 0 Å². The van der Waals surface area contributed by atoms with E-state index >= 15 is 0 Å². The molecule has 0 unspecified atom stereocenters. The van der Waals surface area contributed by atoms with E-state index in [0.717, 1.165) is 28.0 Å². The average molecular weight is 315 g/mol. The lowest BCUT2D eigenvalue weighted by Crippen LogP contribution is -2.23. The van der Waals surface area contributed by atoms with Crippen LogP contribution in [0, 0.1) is 13.8 Å². The summed E-state index contributed by atoms with van der Waals surface area (Å²) in [5.74, 6) is 0.761. The molecule has 1 aromatic heterocycles. The fourth-order valence-electron chi connectivity index (χ4n) is 2.37. The molecule has 114 valence electrons. The largest absolute Gasteiger partial charge is 0.342 e. The highest BCUT2D eigenvalue weighted by Gasteiger charge is 2.15. The number of hydrogen-bond acceptors (Lipinski definition) is 3. The van der Waals surface area contributed by atoms with Gasteiger partial charge in [-0.3, -0.25) is 0 Å². The molecule has 0 aliphatic heterocycles. The van der Waals surface area contributed by atoms with E-state index in [1.807, 2.05) is 38.1 Å². The number of aromatic nitrogens is 2. The highest BCUT2D eigenvalue weighted by Crippen LogP contribution is 2.17. The predicted molar refractivity (Wildman–Crippen MR) is 86.0 cm³/mol. The van der Waals surface area contributed by atoms with E-state index in [1.54, 1.807) is 18.2 Å². The highest BCUT2D eigenvalue weighted by molar-refractivity contribution is 7.89. The molecule has 0 aliphatic carbocycles. The van der Waals surface area contributed by atoms with Gasteiger partial charge in [0.15, 0.2) is 0 Å². The molecule has 0 aliphatic rings. The van der Waals surface area contributed by atoms with Crippen molar-refractivity contribution in [3.05, 3.63) is 59.4 Å². The fraction of sp³-hybridized carbons (Fsp3) is 0.188. The van der Waals surface area contributed by atoms with Crippen LogP contribution < -0.4 is 4.72 Å². The number of sulfonamides is 1. The molecule has 1 heterocycles. The van der Waals surface area contributed by atoms with Crippen molar-refractivity contribution in [2.45, 2.75) is 25.3 Å². The maximum Gasteiger partial charge on any atom is 0.240 e. The van der Waals surface area contributed by atoms with E-state index < -0.39 is 10.0 Å². The second-order valence-corrected chi connectivity index (χ2v) is 7.08. The number of H-pyrrole nitrogens is 1. The standard InChI is InChI=1S/C16H17N3O2S/c1-11-4-3-5-13(8-11)10-17-22(20,21)14-6-7-15-16(9-14)19-12(2)18-15/h3-9,17H,10H2,1-2H3,(H,18,19). The summed E-state index contributed by atoms with van der Waals surface area (Å²) in [7, 11) is -3.55. The van der Waals surface area contributed by atoms with Gasteiger partial charge in [-0.1, -0.05) is 29.8 Å². The molecule has 0 fully saturated rings. The Labute approximate surface area is 129 Å². The number of fused-ring (bicyclic) bond motifs is 1. The number of aromatic amines is 1. The number of nitrogens with one attached hydrogen (secondary N) is 2. The lowest BCUT2D eigenvalue weighted by molar-refractivity contribution is 0.581. The zero-order valence-corrected chi connectivity index (χ0v) is 13.2. The smallest absolute Gasteiger partial charge is 0.240 e. The van der Waals surface area contributed by atoms with Crippen molar-refractivity contribution in [3.8, 4) is 0 Å². The minimum atomic E-state index is -3.55. The minimum absolute atomic E-state index is 0.233. The van der Waals surface area contributed by atoms with Crippen molar-refractivity contribution in [3.63, 3.8) is 0 Å². The molecule has 3 aromatic rings. The maximum absolute atomic E-state index is 12.4. The third-order valence-electron chi connectivity index (χ3n) is 3.43. The van der Waals surface area contributed by atoms with Crippen molar-refractivity contribution in [2.75, 3.05) is 0 Å². The Balaban J connectivity index is 1.84. The Bertz CT molecular complexity index is 929. The summed E-state index contributed by atoms with van der Waals surface area (Å²) in [5, 5.41) is 0. The lowest BCUT2D eigenvalue weighted by atomic mass is 10.1. The van der Waals surface area contributed by atoms with Gasteiger partial charge in [0.05, 0.1) is 15.9 Å². The first-order chi connectivity index (χ1) is 10.4. The van der Waals surface area contributed by atoms with Gasteiger partial charge in [-0.25, -0.2) is 18.1 Å². The van der Waals surface area contributed by atoms with Gasteiger partial charge in [-0.15, -0.1) is 0 Å². The van der Waals surface area contributed by atoms with Crippen LogP contribution in [0.2, 0.25) is 0 Å². The van der Waals surface area contributed by atoms with Gasteiger partial charge in [0.1, 0.15) is 5.82 Å². The van der Waals surface area contributed by atoms with Gasteiger partial charge >= 0.3 is 0 Å². The Morgan fingerprint density at radius 1 is 1.14 bits per heavy atom. The molecule has 5 nitrogen and oxygen atoms in total. The van der Waals surface area contributed by atoms with E-state index in [2.05, 4.69) is 14.7 Å².